The molecule has 7 heteroatoms. The minimum atomic E-state index is -0.654. The van der Waals surface area contributed by atoms with Gasteiger partial charge in [0.15, 0.2) is 6.10 Å². The summed E-state index contributed by atoms with van der Waals surface area (Å²) in [5.41, 5.74) is 1.77. The lowest BCUT2D eigenvalue weighted by atomic mass is 10.1. The zero-order valence-corrected chi connectivity index (χ0v) is 15.1. The first-order chi connectivity index (χ1) is 12.6. The summed E-state index contributed by atoms with van der Waals surface area (Å²) < 4.78 is 5.74. The minimum Gasteiger partial charge on any atom is -0.477 e. The van der Waals surface area contributed by atoms with Gasteiger partial charge in [-0.25, -0.2) is 0 Å². The van der Waals surface area contributed by atoms with Gasteiger partial charge in [0, 0.05) is 18.6 Å². The molecule has 0 unspecified atom stereocenters. The number of hydrogen-bond acceptors (Lipinski definition) is 4. The number of halogens is 1. The van der Waals surface area contributed by atoms with E-state index in [0.29, 0.717) is 23.9 Å². The third-order valence-corrected chi connectivity index (χ3v) is 4.39. The van der Waals surface area contributed by atoms with Gasteiger partial charge in [0.2, 0.25) is 5.91 Å². The van der Waals surface area contributed by atoms with Crippen molar-refractivity contribution in [3.8, 4) is 5.75 Å². The number of benzene rings is 2. The zero-order chi connectivity index (χ0) is 18.5. The van der Waals surface area contributed by atoms with Crippen LogP contribution in [0.3, 0.4) is 0 Å². The topological polar surface area (TPSA) is 70.7 Å². The summed E-state index contributed by atoms with van der Waals surface area (Å²) in [7, 11) is 1.56. The molecule has 0 radical (unpaired) electrons. The highest BCUT2D eigenvalue weighted by Gasteiger charge is 2.30. The minimum absolute atomic E-state index is 0.132. The van der Waals surface area contributed by atoms with Crippen LogP contribution in [0.2, 0.25) is 5.02 Å². The Morgan fingerprint density at radius 2 is 1.92 bits per heavy atom. The Kier molecular flexibility index (Phi) is 5.63. The monoisotopic (exact) mass is 373 g/mol. The molecule has 2 aromatic rings. The van der Waals surface area contributed by atoms with Crippen LogP contribution in [0.5, 0.6) is 5.75 Å². The molecular formula is C19H20ClN3O3. The smallest absolute Gasteiger partial charge is 0.262 e. The number of hydrogen-bond donors (Lipinski definition) is 2. The van der Waals surface area contributed by atoms with Crippen LogP contribution < -0.4 is 20.3 Å². The van der Waals surface area contributed by atoms with Gasteiger partial charge in [-0.15, -0.1) is 0 Å². The number of nitrogens with zero attached hydrogens (tertiary/aromatic N) is 1. The van der Waals surface area contributed by atoms with Crippen molar-refractivity contribution in [2.75, 3.05) is 25.0 Å². The Morgan fingerprint density at radius 1 is 1.19 bits per heavy atom. The molecule has 26 heavy (non-hydrogen) atoms. The summed E-state index contributed by atoms with van der Waals surface area (Å²) in [5.74, 6) is 0.247. The van der Waals surface area contributed by atoms with E-state index in [1.165, 1.54) is 0 Å². The third kappa shape index (κ3) is 4.26. The fraction of sp³-hybridized carbons (Fsp3) is 0.263. The van der Waals surface area contributed by atoms with Crippen molar-refractivity contribution in [2.45, 2.75) is 12.6 Å². The van der Waals surface area contributed by atoms with Crippen molar-refractivity contribution in [2.24, 2.45) is 0 Å². The normalized spacial score (nSPS) is 15.6. The van der Waals surface area contributed by atoms with E-state index < -0.39 is 6.10 Å². The summed E-state index contributed by atoms with van der Waals surface area (Å²) in [5, 5.41) is 6.14. The maximum Gasteiger partial charge on any atom is 0.262 e. The molecule has 1 aliphatic rings. The van der Waals surface area contributed by atoms with Gasteiger partial charge < -0.3 is 20.3 Å². The van der Waals surface area contributed by atoms with Crippen LogP contribution in [0.25, 0.3) is 0 Å². The highest BCUT2D eigenvalue weighted by atomic mass is 35.5. The molecule has 1 heterocycles. The number of nitrogens with one attached hydrogen (secondary N) is 2. The fourth-order valence-corrected chi connectivity index (χ4v) is 2.91. The molecule has 1 atom stereocenters. The molecule has 2 aromatic carbocycles. The number of rotatable bonds is 5. The molecule has 136 valence electrons. The van der Waals surface area contributed by atoms with E-state index >= 15 is 0 Å². The number of likely N-dealkylation sites (N-methyl/N-ethyl adjacent to an activating group) is 1. The van der Waals surface area contributed by atoms with Gasteiger partial charge in [0.25, 0.3) is 5.91 Å². The van der Waals surface area contributed by atoms with E-state index in [9.17, 15) is 9.59 Å². The van der Waals surface area contributed by atoms with Crippen LogP contribution in [0.15, 0.2) is 48.5 Å². The van der Waals surface area contributed by atoms with Crippen molar-refractivity contribution in [3.63, 3.8) is 0 Å². The maximum atomic E-state index is 12.4. The van der Waals surface area contributed by atoms with Gasteiger partial charge in [-0.2, -0.15) is 0 Å². The van der Waals surface area contributed by atoms with E-state index in [1.54, 1.807) is 25.2 Å². The van der Waals surface area contributed by atoms with Crippen LogP contribution in [0, 0.1) is 0 Å². The van der Waals surface area contributed by atoms with E-state index in [2.05, 4.69) is 10.6 Å². The highest BCUT2D eigenvalue weighted by Crippen LogP contribution is 2.32. The van der Waals surface area contributed by atoms with Crippen LogP contribution >= 0.6 is 11.6 Å². The Morgan fingerprint density at radius 3 is 2.65 bits per heavy atom. The zero-order valence-electron chi connectivity index (χ0n) is 14.4. The number of ether oxygens (including phenoxy) is 1. The maximum absolute atomic E-state index is 12.4. The number of carbonyl (C=O) groups is 2. The number of para-hydroxylation sites is 2. The first-order valence-electron chi connectivity index (χ1n) is 8.30. The first-order valence-corrected chi connectivity index (χ1v) is 8.68. The van der Waals surface area contributed by atoms with Crippen LogP contribution in [-0.4, -0.2) is 38.1 Å². The summed E-state index contributed by atoms with van der Waals surface area (Å²) in [6, 6.07) is 14.7. The van der Waals surface area contributed by atoms with Crippen molar-refractivity contribution >= 4 is 29.1 Å². The van der Waals surface area contributed by atoms with Crippen molar-refractivity contribution in [1.82, 2.24) is 10.6 Å². The molecule has 6 nitrogen and oxygen atoms in total. The van der Waals surface area contributed by atoms with Crippen molar-refractivity contribution in [1.29, 1.82) is 0 Å². The Bertz CT molecular complexity index is 795. The van der Waals surface area contributed by atoms with E-state index in [-0.39, 0.29) is 18.4 Å². The van der Waals surface area contributed by atoms with Crippen LogP contribution in [0.4, 0.5) is 5.69 Å². The summed E-state index contributed by atoms with van der Waals surface area (Å²) in [6.07, 6.45) is -0.654. The Balaban J connectivity index is 1.66. The lowest BCUT2D eigenvalue weighted by molar-refractivity contribution is -0.127. The molecule has 0 spiro atoms. The molecule has 3 rings (SSSR count). The average Bonchev–Trinajstić information content (AvgIpc) is 2.66. The molecule has 0 saturated heterocycles. The lowest BCUT2D eigenvalue weighted by Gasteiger charge is -2.35. The average molecular weight is 374 g/mol. The number of fused-ring (bicyclic) bond motifs is 1. The largest absolute Gasteiger partial charge is 0.477 e. The van der Waals surface area contributed by atoms with Crippen LogP contribution in [-0.2, 0) is 16.1 Å². The quantitative estimate of drug-likeness (QED) is 0.840. The molecule has 0 aromatic heterocycles. The Labute approximate surface area is 157 Å². The first kappa shape index (κ1) is 18.1. The second kappa shape index (κ2) is 8.10. The van der Waals surface area contributed by atoms with Gasteiger partial charge in [-0.1, -0.05) is 35.9 Å². The number of amides is 2. The van der Waals surface area contributed by atoms with Gasteiger partial charge in [-0.05, 0) is 29.8 Å². The number of anilines is 1. The highest BCUT2D eigenvalue weighted by molar-refractivity contribution is 6.30. The second-order valence-electron chi connectivity index (χ2n) is 5.97. The number of carbonyl (C=O) groups excluding carboxylic acids is 2. The molecule has 0 saturated carbocycles. The SMILES string of the molecule is CNC(=O)[C@H]1CN(CC(=O)NCc2ccc(Cl)cc2)c2ccccc2O1. The van der Waals surface area contributed by atoms with Gasteiger partial charge >= 0.3 is 0 Å². The molecule has 1 aliphatic heterocycles. The van der Waals surface area contributed by atoms with Crippen molar-refractivity contribution in [3.05, 3.63) is 59.1 Å². The molecule has 0 aliphatic carbocycles. The summed E-state index contributed by atoms with van der Waals surface area (Å²) in [6.45, 7) is 0.868. The summed E-state index contributed by atoms with van der Waals surface area (Å²) in [4.78, 5) is 26.2. The van der Waals surface area contributed by atoms with Crippen molar-refractivity contribution < 1.29 is 14.3 Å². The van der Waals surface area contributed by atoms with Gasteiger partial charge in [0.1, 0.15) is 5.75 Å². The van der Waals surface area contributed by atoms with Crippen LogP contribution in [0.1, 0.15) is 5.56 Å². The molecule has 0 bridgehead atoms. The standard InChI is InChI=1S/C19H20ClN3O3/c1-21-19(25)17-11-23(15-4-2-3-5-16(15)26-17)12-18(24)22-10-13-6-8-14(20)9-7-13/h2-9,17H,10-12H2,1H3,(H,21,25)(H,22,24)/t17-/m1/s1. The predicted molar refractivity (Wildman–Crippen MR) is 100 cm³/mol. The van der Waals surface area contributed by atoms with E-state index in [4.69, 9.17) is 16.3 Å². The predicted octanol–water partition coefficient (Wildman–Crippen LogP) is 1.97. The summed E-state index contributed by atoms with van der Waals surface area (Å²) >= 11 is 5.86. The third-order valence-electron chi connectivity index (χ3n) is 4.14. The molecule has 2 N–H and O–H groups in total. The fourth-order valence-electron chi connectivity index (χ4n) is 2.79. The Hall–Kier alpha value is -2.73. The van der Waals surface area contributed by atoms with E-state index in [1.807, 2.05) is 35.2 Å². The molecule has 2 amide bonds. The van der Waals surface area contributed by atoms with E-state index in [0.717, 1.165) is 11.3 Å². The second-order valence-corrected chi connectivity index (χ2v) is 6.41. The molecular weight excluding hydrogens is 354 g/mol. The van der Waals surface area contributed by atoms with Gasteiger partial charge in [0.05, 0.1) is 18.8 Å². The molecule has 0 fully saturated rings. The van der Waals surface area contributed by atoms with Gasteiger partial charge in [-0.3, -0.25) is 9.59 Å². The lowest BCUT2D eigenvalue weighted by Crippen LogP contribution is -2.50.